The second-order valence-electron chi connectivity index (χ2n) is 33.4. The lowest BCUT2D eigenvalue weighted by molar-refractivity contribution is 0.0814. The highest BCUT2D eigenvalue weighted by atomic mass is 15.3. The molecular formula is C125H215N21. The fourth-order valence-corrected chi connectivity index (χ4v) is 19.9. The Morgan fingerprint density at radius 2 is 0.473 bits per heavy atom. The van der Waals surface area contributed by atoms with E-state index in [-0.39, 0.29) is 0 Å². The third-order valence-corrected chi connectivity index (χ3v) is 26.5. The van der Waals surface area contributed by atoms with Gasteiger partial charge in [0.2, 0.25) is 0 Å². The first-order valence-electron chi connectivity index (χ1n) is 61.4. The fraction of sp³-hybridized carbons (Fsp3) is 0.624. The van der Waals surface area contributed by atoms with Crippen LogP contribution < -0.4 is 0 Å². The van der Waals surface area contributed by atoms with E-state index in [9.17, 15) is 0 Å². The van der Waals surface area contributed by atoms with Gasteiger partial charge in [0.15, 0.2) is 5.65 Å². The molecule has 0 atom stereocenters. The number of hydrogen-bond acceptors (Lipinski definition) is 17. The average molecular weight is 2020 g/mol. The highest BCUT2D eigenvalue weighted by Gasteiger charge is 2.35. The van der Waals surface area contributed by atoms with Crippen LogP contribution in [0.2, 0.25) is 0 Å². The summed E-state index contributed by atoms with van der Waals surface area (Å²) in [5.74, 6) is 0. The Kier molecular flexibility index (Phi) is 72.3. The van der Waals surface area contributed by atoms with Crippen LogP contribution in [0, 0.1) is 0 Å². The number of rotatable bonds is 14. The van der Waals surface area contributed by atoms with E-state index in [0.717, 1.165) is 175 Å². The quantitative estimate of drug-likeness (QED) is 0.101. The summed E-state index contributed by atoms with van der Waals surface area (Å²) in [4.78, 5) is 55.3. The Hall–Kier alpha value is -9.03. The molecule has 0 amide bonds. The van der Waals surface area contributed by atoms with Crippen molar-refractivity contribution in [2.24, 2.45) is 0 Å². The third kappa shape index (κ3) is 41.0. The van der Waals surface area contributed by atoms with E-state index in [1.807, 2.05) is 246 Å². The molecule has 12 aromatic rings. The van der Waals surface area contributed by atoms with Gasteiger partial charge in [0.1, 0.15) is 42.3 Å². The van der Waals surface area contributed by atoms with Gasteiger partial charge in [-0.25, -0.2) is 44.6 Å². The lowest BCUT2D eigenvalue weighted by Crippen LogP contribution is -2.49. The molecule has 0 N–H and O–H groups in total. The standard InChI is InChI=1S/C24H31N5.C23H30N6.2C23H29N5.16C2H6/c1-27-11-13-28(14-12-27)21-7-9-22(10-8-21)29-17-20(15-19-5-3-2-4-6-19)23-16-25-18-26-24(23)29;1-27-11-13-28(14-12-27)19-7-9-20(10-8-19)29-23-21(16-24-17-25-23)22(26-29)15-18-5-3-2-4-6-18;2*1-26-11-13-27(14-12-26)19-7-9-20(10-8-19)28-16-22(18-5-3-2-4-6-18)21-15-24-17-25-23(21)28;16*1-2/h2-6,16-18,21-22H,7-15H2,1H3;2-6,16-17,19-20H,7-15H2,1H3;2*2-6,15-17,19-20H,7-14H2,1H3;16*1-2H3/i4*1D;;;;;;;;;;;;;;;;. The van der Waals surface area contributed by atoms with Crippen molar-refractivity contribution < 1.29 is 5.48 Å². The Morgan fingerprint density at radius 1 is 0.240 bits per heavy atom. The van der Waals surface area contributed by atoms with Gasteiger partial charge >= 0.3 is 0 Å². The van der Waals surface area contributed by atoms with Crippen molar-refractivity contribution in [3.05, 3.63) is 212 Å². The van der Waals surface area contributed by atoms with Gasteiger partial charge in [-0.3, -0.25) is 19.6 Å². The molecule has 12 heterocycles. The minimum atomic E-state index is 0.415. The van der Waals surface area contributed by atoms with Crippen molar-refractivity contribution in [3.8, 4) is 22.3 Å². The Labute approximate surface area is 899 Å². The first-order valence-corrected chi connectivity index (χ1v) is 58.6. The summed E-state index contributed by atoms with van der Waals surface area (Å²) in [7, 11) is 1.74. The zero-order valence-corrected chi connectivity index (χ0v) is 98.8. The number of piperazine rings is 4. The second-order valence-corrected chi connectivity index (χ2v) is 33.4. The fourth-order valence-electron chi connectivity index (χ4n) is 19.9. The molecule has 4 aromatic carbocycles. The summed E-state index contributed by atoms with van der Waals surface area (Å²) in [6, 6.07) is 47.1. The van der Waals surface area contributed by atoms with E-state index in [4.69, 9.17) is 10.6 Å². The van der Waals surface area contributed by atoms with Crippen LogP contribution in [-0.4, -0.2) is 260 Å². The van der Waals surface area contributed by atoms with Gasteiger partial charge in [0.05, 0.1) is 17.1 Å². The van der Waals surface area contributed by atoms with E-state index < -0.39 is 0 Å². The topological polar surface area (TPSA) is 162 Å². The van der Waals surface area contributed by atoms with Crippen molar-refractivity contribution >= 4 is 44.1 Å². The molecule has 4 saturated heterocycles. The van der Waals surface area contributed by atoms with Crippen molar-refractivity contribution in [1.82, 2.24) is 103 Å². The summed E-state index contributed by atoms with van der Waals surface area (Å²) in [5.41, 5.74) is 14.1. The van der Waals surface area contributed by atoms with E-state index in [2.05, 4.69) is 237 Å². The average Bonchev–Trinajstić information content (AvgIpc) is 1.61. The van der Waals surface area contributed by atoms with E-state index in [1.54, 1.807) is 25.3 Å². The minimum absolute atomic E-state index is 0.415. The smallest absolute Gasteiger partial charge is 0.161 e. The summed E-state index contributed by atoms with van der Waals surface area (Å²) in [6.07, 6.45) is 42.6. The Morgan fingerprint density at radius 3 is 0.760 bits per heavy atom. The van der Waals surface area contributed by atoms with Gasteiger partial charge in [-0.05, 0) is 165 Å². The minimum Gasteiger partial charge on any atom is -0.329 e. The lowest BCUT2D eigenvalue weighted by atomic mass is 9.89. The van der Waals surface area contributed by atoms with Crippen molar-refractivity contribution in [2.45, 2.75) is 385 Å². The predicted molar refractivity (Wildman–Crippen MR) is 640 cm³/mol. The number of likely N-dealkylation sites (N-methyl/N-ethyl adjacent to an activating group) is 4. The summed E-state index contributed by atoms with van der Waals surface area (Å²) >= 11 is 0. The molecule has 21 heteroatoms. The highest BCUT2D eigenvalue weighted by Crippen LogP contribution is 2.42. The first kappa shape index (κ1) is 127. The SMILES string of the molecule is CC.CC.CC.CC.CC.CC.CC.CC.CC.CC.CC.CC.CC.CC.CC.CC.[2H]CN1CCN(C2CCC(n3cc(-c4ccccc4)c4cncnc43)CC2)CC1.[2H]CN1CCN(C2CCC(n3cc(-c4ccccc4)c4cncnc43)CC2)CC1.[2H]CN1CCN(C2CCC(n3cc(Cc4ccccc4)c4cncnc43)CC2)CC1.[2H]CN1CCN(C2CCC(n3nc(Cc4ccccc4)c4cncnc43)CC2)CC1. The summed E-state index contributed by atoms with van der Waals surface area (Å²) in [5, 5.41) is 9.60. The molecule has 0 unspecified atom stereocenters. The van der Waals surface area contributed by atoms with Crippen molar-refractivity contribution in [3.63, 3.8) is 0 Å². The molecule has 20 rings (SSSR count). The molecule has 21 nitrogen and oxygen atoms in total. The molecule has 4 aliphatic carbocycles. The van der Waals surface area contributed by atoms with E-state index in [0.29, 0.717) is 76.4 Å². The van der Waals surface area contributed by atoms with E-state index in [1.165, 1.54) is 134 Å². The van der Waals surface area contributed by atoms with Crippen LogP contribution in [0.5, 0.6) is 0 Å². The molecule has 0 bridgehead atoms. The van der Waals surface area contributed by atoms with Gasteiger partial charge < -0.3 is 33.3 Å². The van der Waals surface area contributed by atoms with Crippen LogP contribution >= 0.6 is 0 Å². The van der Waals surface area contributed by atoms with E-state index >= 15 is 0 Å². The van der Waals surface area contributed by atoms with Crippen LogP contribution in [0.4, 0.5) is 0 Å². The van der Waals surface area contributed by atoms with Crippen LogP contribution in [0.15, 0.2) is 190 Å². The summed E-state index contributed by atoms with van der Waals surface area (Å²) < 4.78 is 39.7. The van der Waals surface area contributed by atoms with Crippen molar-refractivity contribution in [2.75, 3.05) is 133 Å². The van der Waals surface area contributed by atoms with Gasteiger partial charge in [-0.1, -0.05) is 343 Å². The lowest BCUT2D eigenvalue weighted by Gasteiger charge is -2.41. The van der Waals surface area contributed by atoms with Crippen molar-refractivity contribution in [1.29, 1.82) is 0 Å². The predicted octanol–water partition coefficient (Wildman–Crippen LogP) is 31.0. The number of aromatic nitrogens is 13. The molecule has 820 valence electrons. The normalized spacial score (nSPS) is 20.1. The molecular weight excluding hydrogens is 1800 g/mol. The van der Waals surface area contributed by atoms with Crippen LogP contribution in [0.25, 0.3) is 66.4 Å². The highest BCUT2D eigenvalue weighted by molar-refractivity contribution is 5.94. The Balaban J connectivity index is 0.000000915. The molecule has 0 radical (unpaired) electrons. The van der Waals surface area contributed by atoms with Crippen LogP contribution in [0.3, 0.4) is 0 Å². The zero-order chi connectivity index (χ0) is 112. The van der Waals surface area contributed by atoms with Gasteiger partial charge in [0, 0.05) is 230 Å². The molecule has 4 saturated carbocycles. The maximum absolute atomic E-state index is 7.56. The maximum Gasteiger partial charge on any atom is 0.161 e. The molecule has 0 spiro atoms. The second kappa shape index (κ2) is 82.8. The van der Waals surface area contributed by atoms with Crippen LogP contribution in [-0.2, 0) is 12.8 Å². The molecule has 8 fully saturated rings. The zero-order valence-electron chi connectivity index (χ0n) is 103. The van der Waals surface area contributed by atoms with Crippen LogP contribution in [0.1, 0.15) is 376 Å². The maximum atomic E-state index is 7.56. The van der Waals surface area contributed by atoms with Gasteiger partial charge in [0.25, 0.3) is 0 Å². The molecule has 8 aromatic heterocycles. The van der Waals surface area contributed by atoms with Gasteiger partial charge in [-0.15, -0.1) is 0 Å². The third-order valence-electron chi connectivity index (χ3n) is 26.5. The largest absolute Gasteiger partial charge is 0.329 e. The molecule has 4 aliphatic heterocycles. The molecule has 146 heavy (non-hydrogen) atoms. The number of fused-ring (bicyclic) bond motifs is 4. The first-order chi connectivity index (χ1) is 74.3. The number of hydrogen-bond donors (Lipinski definition) is 0. The number of benzene rings is 4. The number of nitrogens with zero attached hydrogens (tertiary/aromatic N) is 21. The summed E-state index contributed by atoms with van der Waals surface area (Å²) in [6.45, 7) is 81.3. The Bertz CT molecular complexity index is 4760. The monoisotopic (exact) mass is 2010 g/mol. The van der Waals surface area contributed by atoms with Gasteiger partial charge in [-0.2, -0.15) is 5.10 Å². The molecule has 8 aliphatic rings.